The first kappa shape index (κ1) is 14.0. The van der Waals surface area contributed by atoms with Gasteiger partial charge in [-0.2, -0.15) is 0 Å². The lowest BCUT2D eigenvalue weighted by Gasteiger charge is -2.12. The fourth-order valence-corrected chi connectivity index (χ4v) is 1.33. The van der Waals surface area contributed by atoms with Crippen molar-refractivity contribution in [1.82, 2.24) is 5.32 Å². The lowest BCUT2D eigenvalue weighted by atomic mass is 10.1. The Labute approximate surface area is 105 Å². The minimum Gasteiger partial charge on any atom is -0.480 e. The highest BCUT2D eigenvalue weighted by Gasteiger charge is 2.18. The summed E-state index contributed by atoms with van der Waals surface area (Å²) in [5, 5.41) is 22.0. The summed E-state index contributed by atoms with van der Waals surface area (Å²) in [6, 6.07) is 5.23. The Hall–Kier alpha value is -2.08. The number of urea groups is 1. The van der Waals surface area contributed by atoms with Gasteiger partial charge in [0.05, 0.1) is 6.61 Å². The van der Waals surface area contributed by atoms with Crippen molar-refractivity contribution in [2.45, 2.75) is 19.4 Å². The minimum absolute atomic E-state index is 0.562. The number of anilines is 1. The molecule has 0 aliphatic heterocycles. The molecular formula is C12H16N2O4. The second-order valence-electron chi connectivity index (χ2n) is 3.72. The second kappa shape index (κ2) is 6.61. The molecule has 1 aromatic rings. The molecule has 2 amide bonds. The van der Waals surface area contributed by atoms with Crippen LogP contribution in [0.3, 0.4) is 0 Å². The minimum atomic E-state index is -1.31. The zero-order valence-corrected chi connectivity index (χ0v) is 10.0. The van der Waals surface area contributed by atoms with Crippen molar-refractivity contribution in [3.8, 4) is 0 Å². The van der Waals surface area contributed by atoms with Crippen LogP contribution in [0.25, 0.3) is 0 Å². The standard InChI is InChI=1S/C12H16N2O4/c1-2-8-3-5-9(6-4-8)13-12(18)14-10(7-15)11(16)17/h3-6,10,15H,2,7H2,1H3,(H,16,17)(H2,13,14,18). The fraction of sp³-hybridized carbons (Fsp3) is 0.333. The first-order chi connectivity index (χ1) is 8.56. The predicted molar refractivity (Wildman–Crippen MR) is 66.5 cm³/mol. The first-order valence-corrected chi connectivity index (χ1v) is 5.57. The Kier molecular flexibility index (Phi) is 5.13. The molecule has 1 rings (SSSR count). The Morgan fingerprint density at radius 1 is 1.28 bits per heavy atom. The molecule has 0 saturated carbocycles. The van der Waals surface area contributed by atoms with E-state index in [1.165, 1.54) is 0 Å². The number of aliphatic hydroxyl groups is 1. The summed E-state index contributed by atoms with van der Waals surface area (Å²) in [5.74, 6) is -1.28. The molecule has 18 heavy (non-hydrogen) atoms. The van der Waals surface area contributed by atoms with Gasteiger partial charge in [-0.1, -0.05) is 19.1 Å². The molecule has 0 aliphatic rings. The van der Waals surface area contributed by atoms with E-state index in [1.54, 1.807) is 12.1 Å². The molecule has 4 N–H and O–H groups in total. The summed E-state index contributed by atoms with van der Waals surface area (Å²) in [6.07, 6.45) is 0.901. The largest absolute Gasteiger partial charge is 0.480 e. The number of carboxylic acid groups (broad SMARTS) is 1. The van der Waals surface area contributed by atoms with Gasteiger partial charge in [-0.05, 0) is 24.1 Å². The maximum absolute atomic E-state index is 11.4. The van der Waals surface area contributed by atoms with Crippen LogP contribution in [0, 0.1) is 0 Å². The van der Waals surface area contributed by atoms with E-state index in [-0.39, 0.29) is 0 Å². The summed E-state index contributed by atoms with van der Waals surface area (Å²) in [5.41, 5.74) is 1.70. The van der Waals surface area contributed by atoms with Gasteiger partial charge in [-0.3, -0.25) is 0 Å². The molecule has 0 radical (unpaired) electrons. The molecule has 6 nitrogen and oxygen atoms in total. The van der Waals surface area contributed by atoms with Gasteiger partial charge in [-0.15, -0.1) is 0 Å². The van der Waals surface area contributed by atoms with Crippen LogP contribution in [-0.2, 0) is 11.2 Å². The van der Waals surface area contributed by atoms with Crippen molar-refractivity contribution < 1.29 is 19.8 Å². The highest BCUT2D eigenvalue weighted by molar-refractivity contribution is 5.92. The van der Waals surface area contributed by atoms with Crippen molar-refractivity contribution in [1.29, 1.82) is 0 Å². The summed E-state index contributed by atoms with van der Waals surface area (Å²) in [4.78, 5) is 22.0. The van der Waals surface area contributed by atoms with Gasteiger partial charge < -0.3 is 20.8 Å². The number of amides is 2. The molecule has 1 aromatic carbocycles. The van der Waals surface area contributed by atoms with Gasteiger partial charge in [0.1, 0.15) is 0 Å². The average molecular weight is 252 g/mol. The quantitative estimate of drug-likeness (QED) is 0.623. The lowest BCUT2D eigenvalue weighted by molar-refractivity contribution is -0.140. The number of aliphatic carboxylic acids is 1. The third-order valence-corrected chi connectivity index (χ3v) is 2.41. The normalized spacial score (nSPS) is 11.7. The molecule has 0 saturated heterocycles. The highest BCUT2D eigenvalue weighted by atomic mass is 16.4. The predicted octanol–water partition coefficient (Wildman–Crippen LogP) is 0.816. The van der Waals surface area contributed by atoms with Gasteiger partial charge in [0.2, 0.25) is 0 Å². The zero-order chi connectivity index (χ0) is 13.5. The van der Waals surface area contributed by atoms with E-state index in [2.05, 4.69) is 10.6 Å². The molecule has 1 unspecified atom stereocenters. The number of rotatable bonds is 5. The van der Waals surface area contributed by atoms with Gasteiger partial charge in [-0.25, -0.2) is 9.59 Å². The molecule has 98 valence electrons. The summed E-state index contributed by atoms with van der Waals surface area (Å²) < 4.78 is 0. The van der Waals surface area contributed by atoms with Gasteiger partial charge in [0, 0.05) is 5.69 Å². The molecule has 0 spiro atoms. The van der Waals surface area contributed by atoms with E-state index < -0.39 is 24.6 Å². The van der Waals surface area contributed by atoms with Crippen LogP contribution in [-0.4, -0.2) is 34.9 Å². The SMILES string of the molecule is CCc1ccc(NC(=O)NC(CO)C(=O)O)cc1. The van der Waals surface area contributed by atoms with Gasteiger partial charge in [0.15, 0.2) is 6.04 Å². The molecule has 1 atom stereocenters. The molecule has 0 bridgehead atoms. The van der Waals surface area contributed by atoms with Crippen LogP contribution in [0.5, 0.6) is 0 Å². The topological polar surface area (TPSA) is 98.7 Å². The van der Waals surface area contributed by atoms with Crippen LogP contribution in [0.1, 0.15) is 12.5 Å². The summed E-state index contributed by atoms with van der Waals surface area (Å²) in [7, 11) is 0. The molecule has 0 aromatic heterocycles. The van der Waals surface area contributed by atoms with Crippen molar-refractivity contribution in [3.05, 3.63) is 29.8 Å². The van der Waals surface area contributed by atoms with E-state index in [4.69, 9.17) is 10.2 Å². The van der Waals surface area contributed by atoms with Crippen molar-refractivity contribution in [2.75, 3.05) is 11.9 Å². The molecule has 0 fully saturated rings. The number of carbonyl (C=O) groups excluding carboxylic acids is 1. The molecular weight excluding hydrogens is 236 g/mol. The third-order valence-electron chi connectivity index (χ3n) is 2.41. The molecule has 0 heterocycles. The van der Waals surface area contributed by atoms with Crippen LogP contribution < -0.4 is 10.6 Å². The lowest BCUT2D eigenvalue weighted by Crippen LogP contribution is -2.45. The third kappa shape index (κ3) is 4.06. The highest BCUT2D eigenvalue weighted by Crippen LogP contribution is 2.09. The summed E-state index contributed by atoms with van der Waals surface area (Å²) in [6.45, 7) is 1.37. The number of nitrogens with one attached hydrogen (secondary N) is 2. The fourth-order valence-electron chi connectivity index (χ4n) is 1.33. The molecule has 6 heteroatoms. The van der Waals surface area contributed by atoms with Crippen LogP contribution in [0.15, 0.2) is 24.3 Å². The van der Waals surface area contributed by atoms with Crippen molar-refractivity contribution in [2.24, 2.45) is 0 Å². The van der Waals surface area contributed by atoms with E-state index in [0.717, 1.165) is 12.0 Å². The number of carboxylic acids is 1. The Morgan fingerprint density at radius 2 is 1.89 bits per heavy atom. The maximum atomic E-state index is 11.4. The monoisotopic (exact) mass is 252 g/mol. The number of aryl methyl sites for hydroxylation is 1. The molecule has 0 aliphatic carbocycles. The van der Waals surface area contributed by atoms with E-state index >= 15 is 0 Å². The average Bonchev–Trinajstić information content (AvgIpc) is 2.36. The smallest absolute Gasteiger partial charge is 0.328 e. The van der Waals surface area contributed by atoms with Crippen LogP contribution in [0.4, 0.5) is 10.5 Å². The number of hydrogen-bond acceptors (Lipinski definition) is 3. The Balaban J connectivity index is 2.55. The van der Waals surface area contributed by atoms with Crippen molar-refractivity contribution in [3.63, 3.8) is 0 Å². The Morgan fingerprint density at radius 3 is 2.33 bits per heavy atom. The van der Waals surface area contributed by atoms with E-state index in [1.807, 2.05) is 19.1 Å². The number of aliphatic hydroxyl groups excluding tert-OH is 1. The zero-order valence-electron chi connectivity index (χ0n) is 10.0. The number of carbonyl (C=O) groups is 2. The summed E-state index contributed by atoms with van der Waals surface area (Å²) >= 11 is 0. The van der Waals surface area contributed by atoms with E-state index in [0.29, 0.717) is 5.69 Å². The maximum Gasteiger partial charge on any atom is 0.328 e. The van der Waals surface area contributed by atoms with E-state index in [9.17, 15) is 9.59 Å². The number of hydrogen-bond donors (Lipinski definition) is 4. The van der Waals surface area contributed by atoms with Crippen molar-refractivity contribution >= 4 is 17.7 Å². The number of benzene rings is 1. The first-order valence-electron chi connectivity index (χ1n) is 5.57. The van der Waals surface area contributed by atoms with Crippen LogP contribution >= 0.6 is 0 Å². The van der Waals surface area contributed by atoms with Gasteiger partial charge in [0.25, 0.3) is 0 Å². The van der Waals surface area contributed by atoms with Crippen LogP contribution in [0.2, 0.25) is 0 Å². The second-order valence-corrected chi connectivity index (χ2v) is 3.72. The Bertz CT molecular complexity index is 417. The van der Waals surface area contributed by atoms with Gasteiger partial charge >= 0.3 is 12.0 Å².